The highest BCUT2D eigenvalue weighted by molar-refractivity contribution is 9.10. The quantitative estimate of drug-likeness (QED) is 0.398. The number of barbiturate groups is 1. The van der Waals surface area contributed by atoms with Crippen LogP contribution in [0, 0.1) is 12.3 Å². The van der Waals surface area contributed by atoms with Gasteiger partial charge in [-0.25, -0.2) is 9.69 Å². The fourth-order valence-electron chi connectivity index (χ4n) is 2.80. The zero-order valence-corrected chi connectivity index (χ0v) is 17.6. The van der Waals surface area contributed by atoms with E-state index < -0.39 is 17.8 Å². The molecule has 3 rings (SSSR count). The molecule has 0 radical (unpaired) electrons. The number of benzene rings is 2. The molecule has 1 aliphatic rings. The molecule has 8 heteroatoms. The summed E-state index contributed by atoms with van der Waals surface area (Å²) in [5.41, 5.74) is 0.668. The topological polar surface area (TPSA) is 84.9 Å². The smallest absolute Gasteiger partial charge is 0.335 e. The van der Waals surface area contributed by atoms with Crippen LogP contribution in [0.5, 0.6) is 11.5 Å². The van der Waals surface area contributed by atoms with Gasteiger partial charge in [0.25, 0.3) is 11.8 Å². The van der Waals surface area contributed by atoms with Crippen LogP contribution in [0.25, 0.3) is 6.08 Å². The molecule has 0 saturated carbocycles. The lowest BCUT2D eigenvalue weighted by molar-refractivity contribution is -0.122. The van der Waals surface area contributed by atoms with Gasteiger partial charge in [-0.05, 0) is 48.9 Å². The minimum absolute atomic E-state index is 0.0745. The monoisotopic (exact) mass is 468 g/mol. The Balaban J connectivity index is 1.98. The minimum Gasteiger partial charge on any atom is -0.490 e. The number of nitrogens with zero attached hydrogens (tertiary/aromatic N) is 1. The van der Waals surface area contributed by atoms with Gasteiger partial charge in [-0.2, -0.15) is 0 Å². The summed E-state index contributed by atoms with van der Waals surface area (Å²) in [6.07, 6.45) is 6.62. The molecule has 1 N–H and O–H groups in total. The Labute approximate surface area is 181 Å². The van der Waals surface area contributed by atoms with Crippen LogP contribution >= 0.6 is 15.9 Å². The summed E-state index contributed by atoms with van der Waals surface area (Å²) in [6.45, 7) is 2.28. The van der Waals surface area contributed by atoms with Crippen molar-refractivity contribution in [3.63, 3.8) is 0 Å². The number of rotatable bonds is 6. The van der Waals surface area contributed by atoms with Crippen molar-refractivity contribution < 1.29 is 23.9 Å². The zero-order valence-electron chi connectivity index (χ0n) is 16.0. The van der Waals surface area contributed by atoms with Crippen LogP contribution in [-0.2, 0) is 9.59 Å². The molecule has 0 bridgehead atoms. The van der Waals surface area contributed by atoms with E-state index in [1.54, 1.807) is 42.5 Å². The molecule has 2 aromatic rings. The summed E-state index contributed by atoms with van der Waals surface area (Å²) in [5, 5.41) is 2.19. The summed E-state index contributed by atoms with van der Waals surface area (Å²) in [7, 11) is 0. The van der Waals surface area contributed by atoms with Crippen molar-refractivity contribution in [2.24, 2.45) is 0 Å². The molecule has 0 unspecified atom stereocenters. The average Bonchev–Trinajstić information content (AvgIpc) is 2.70. The van der Waals surface area contributed by atoms with Crippen LogP contribution in [0.4, 0.5) is 10.5 Å². The van der Waals surface area contributed by atoms with Crippen molar-refractivity contribution in [2.75, 3.05) is 18.1 Å². The summed E-state index contributed by atoms with van der Waals surface area (Å²) in [4.78, 5) is 38.5. The Hall–Kier alpha value is -3.57. The van der Waals surface area contributed by atoms with Crippen molar-refractivity contribution >= 4 is 45.5 Å². The fraction of sp³-hybridized carbons (Fsp3) is 0.136. The number of amides is 4. The molecule has 2 aromatic carbocycles. The van der Waals surface area contributed by atoms with Crippen molar-refractivity contribution in [2.45, 2.75) is 6.92 Å². The Morgan fingerprint density at radius 2 is 1.93 bits per heavy atom. The molecule has 152 valence electrons. The van der Waals surface area contributed by atoms with Gasteiger partial charge in [0.1, 0.15) is 12.2 Å². The zero-order chi connectivity index (χ0) is 21.7. The van der Waals surface area contributed by atoms with Crippen molar-refractivity contribution in [1.82, 2.24) is 5.32 Å². The first-order valence-corrected chi connectivity index (χ1v) is 9.74. The second-order valence-corrected chi connectivity index (χ2v) is 6.99. The fourth-order valence-corrected chi connectivity index (χ4v) is 3.18. The Morgan fingerprint density at radius 3 is 2.63 bits per heavy atom. The van der Waals surface area contributed by atoms with E-state index in [0.717, 1.165) is 4.90 Å². The summed E-state index contributed by atoms with van der Waals surface area (Å²) >= 11 is 3.31. The van der Waals surface area contributed by atoms with Crippen LogP contribution in [0.15, 0.2) is 52.5 Å². The summed E-state index contributed by atoms with van der Waals surface area (Å²) in [6, 6.07) is 10.8. The van der Waals surface area contributed by atoms with E-state index in [2.05, 4.69) is 27.2 Å². The number of halogens is 1. The van der Waals surface area contributed by atoms with Crippen LogP contribution in [0.3, 0.4) is 0 Å². The highest BCUT2D eigenvalue weighted by atomic mass is 79.9. The first-order chi connectivity index (χ1) is 14.4. The third-order valence-corrected chi connectivity index (χ3v) is 4.55. The van der Waals surface area contributed by atoms with Crippen LogP contribution in [-0.4, -0.2) is 31.1 Å². The minimum atomic E-state index is -0.812. The maximum Gasteiger partial charge on any atom is 0.335 e. The molecule has 4 amide bonds. The number of hydrogen-bond acceptors (Lipinski definition) is 5. The first kappa shape index (κ1) is 21.1. The maximum atomic E-state index is 13.0. The Kier molecular flexibility index (Phi) is 6.54. The van der Waals surface area contributed by atoms with Crippen molar-refractivity contribution in [3.05, 3.63) is 58.1 Å². The van der Waals surface area contributed by atoms with E-state index in [9.17, 15) is 14.4 Å². The lowest BCUT2D eigenvalue weighted by Crippen LogP contribution is -2.54. The molecule has 1 fully saturated rings. The predicted octanol–water partition coefficient (Wildman–Crippen LogP) is 3.53. The maximum absolute atomic E-state index is 13.0. The van der Waals surface area contributed by atoms with E-state index in [-0.39, 0.29) is 12.2 Å². The summed E-state index contributed by atoms with van der Waals surface area (Å²) < 4.78 is 11.7. The van der Waals surface area contributed by atoms with Crippen LogP contribution in [0.1, 0.15) is 12.5 Å². The highest BCUT2D eigenvalue weighted by Gasteiger charge is 2.36. The van der Waals surface area contributed by atoms with Gasteiger partial charge < -0.3 is 9.47 Å². The number of carbonyl (C=O) groups excluding carboxylic acids is 3. The number of nitrogens with one attached hydrogen (secondary N) is 1. The van der Waals surface area contributed by atoms with E-state index in [0.29, 0.717) is 33.8 Å². The molecule has 1 heterocycles. The van der Waals surface area contributed by atoms with Crippen molar-refractivity contribution in [1.29, 1.82) is 0 Å². The summed E-state index contributed by atoms with van der Waals surface area (Å²) in [5.74, 6) is 1.74. The molecule has 7 nitrogen and oxygen atoms in total. The number of anilines is 1. The Morgan fingerprint density at radius 1 is 1.13 bits per heavy atom. The van der Waals surface area contributed by atoms with Gasteiger partial charge in [0, 0.05) is 4.47 Å². The Bertz CT molecular complexity index is 1090. The largest absolute Gasteiger partial charge is 0.490 e. The SMILES string of the molecule is C#CCOc1ccc(C=C2C(=O)NC(=O)N(c3cccc(Br)c3)C2=O)cc1OCC. The van der Waals surface area contributed by atoms with E-state index in [1.807, 2.05) is 6.92 Å². The highest BCUT2D eigenvalue weighted by Crippen LogP contribution is 2.30. The lowest BCUT2D eigenvalue weighted by Gasteiger charge is -2.26. The van der Waals surface area contributed by atoms with Gasteiger partial charge in [0.15, 0.2) is 11.5 Å². The standard InChI is InChI=1S/C22H17BrN2O5/c1-3-10-30-18-9-8-14(12-19(18)29-4-2)11-17-20(26)24-22(28)25(21(17)27)16-7-5-6-15(23)13-16/h1,5-9,11-13H,4,10H2,2H3,(H,24,26,28). The molecule has 0 atom stereocenters. The third-order valence-electron chi connectivity index (χ3n) is 4.06. The molecule has 1 aliphatic heterocycles. The molecular formula is C22H17BrN2O5. The second kappa shape index (κ2) is 9.29. The van der Waals surface area contributed by atoms with Crippen LogP contribution < -0.4 is 19.7 Å². The van der Waals surface area contributed by atoms with Gasteiger partial charge in [-0.3, -0.25) is 14.9 Å². The van der Waals surface area contributed by atoms with Gasteiger partial charge in [0.2, 0.25) is 0 Å². The van der Waals surface area contributed by atoms with Crippen molar-refractivity contribution in [3.8, 4) is 23.8 Å². The predicted molar refractivity (Wildman–Crippen MR) is 115 cm³/mol. The van der Waals surface area contributed by atoms with Gasteiger partial charge in [-0.1, -0.05) is 34.0 Å². The first-order valence-electron chi connectivity index (χ1n) is 8.94. The molecule has 30 heavy (non-hydrogen) atoms. The average molecular weight is 469 g/mol. The third kappa shape index (κ3) is 4.53. The molecule has 0 spiro atoms. The number of terminal acetylenes is 1. The lowest BCUT2D eigenvalue weighted by atomic mass is 10.1. The number of carbonyl (C=O) groups is 3. The molecular weight excluding hydrogens is 452 g/mol. The van der Waals surface area contributed by atoms with Gasteiger partial charge in [0.05, 0.1) is 12.3 Å². The normalized spacial score (nSPS) is 15.0. The number of ether oxygens (including phenoxy) is 2. The van der Waals surface area contributed by atoms with Crippen LogP contribution in [0.2, 0.25) is 0 Å². The van der Waals surface area contributed by atoms with E-state index >= 15 is 0 Å². The molecule has 0 aliphatic carbocycles. The van der Waals surface area contributed by atoms with E-state index in [1.165, 1.54) is 6.08 Å². The second-order valence-electron chi connectivity index (χ2n) is 6.07. The van der Waals surface area contributed by atoms with Gasteiger partial charge in [-0.15, -0.1) is 6.42 Å². The molecule has 1 saturated heterocycles. The number of urea groups is 1. The molecule has 0 aromatic heterocycles. The van der Waals surface area contributed by atoms with E-state index in [4.69, 9.17) is 15.9 Å². The number of imide groups is 2. The van der Waals surface area contributed by atoms with Gasteiger partial charge >= 0.3 is 6.03 Å². The number of hydrogen-bond donors (Lipinski definition) is 1.